The molecule has 0 aromatic heterocycles. The van der Waals surface area contributed by atoms with Gasteiger partial charge in [-0.05, 0) is 51.8 Å². The number of carbonyl (C=O) groups is 1. The minimum absolute atomic E-state index is 0.315. The molecule has 0 aliphatic rings. The van der Waals surface area contributed by atoms with E-state index in [1.165, 1.54) is 40.7 Å². The van der Waals surface area contributed by atoms with Crippen LogP contribution in [0.25, 0.3) is 12.2 Å². The number of rotatable bonds is 14. The molecule has 3 rings (SSSR count). The van der Waals surface area contributed by atoms with E-state index in [2.05, 4.69) is 21.2 Å². The van der Waals surface area contributed by atoms with E-state index in [1.807, 2.05) is 30.4 Å². The van der Waals surface area contributed by atoms with Gasteiger partial charge in [0.2, 0.25) is 11.5 Å². The first-order valence-electron chi connectivity index (χ1n) is 12.5. The molecule has 0 amide bonds. The van der Waals surface area contributed by atoms with E-state index in [4.69, 9.17) is 37.9 Å². The average Bonchev–Trinajstić information content (AvgIpc) is 3.02. The summed E-state index contributed by atoms with van der Waals surface area (Å²) in [6, 6.07) is 8.90. The number of hydrogen-bond acceptors (Lipinski definition) is 10. The highest BCUT2D eigenvalue weighted by Crippen LogP contribution is 2.45. The Labute approximate surface area is 253 Å². The maximum absolute atomic E-state index is 13.2. The fraction of sp³-hybridized carbons (Fsp3) is 0.258. The molecule has 0 bridgehead atoms. The first kappa shape index (κ1) is 32.0. The van der Waals surface area contributed by atoms with Crippen molar-refractivity contribution in [1.82, 2.24) is 0 Å². The van der Waals surface area contributed by atoms with Crippen LogP contribution in [-0.2, 0) is 0 Å². The number of halogens is 1. The summed E-state index contributed by atoms with van der Waals surface area (Å²) in [6.07, 6.45) is 6.68. The molecule has 0 heterocycles. The van der Waals surface area contributed by atoms with Crippen molar-refractivity contribution < 1.29 is 42.7 Å². The Hall–Kier alpha value is -4.51. The molecular formula is C31H34BrNO9. The summed E-state index contributed by atoms with van der Waals surface area (Å²) in [6.45, 7) is 0. The van der Waals surface area contributed by atoms with Crippen LogP contribution in [0, 0.1) is 0 Å². The molecule has 3 aromatic rings. The number of allylic oxidation sites excluding steroid dienone is 1. The van der Waals surface area contributed by atoms with E-state index in [0.717, 1.165) is 11.1 Å². The number of ether oxygens (including phenoxy) is 8. The summed E-state index contributed by atoms with van der Waals surface area (Å²) < 4.78 is 44.2. The highest BCUT2D eigenvalue weighted by molar-refractivity contribution is 9.10. The van der Waals surface area contributed by atoms with Crippen LogP contribution in [0.2, 0.25) is 0 Å². The smallest absolute Gasteiger partial charge is 0.204 e. The molecule has 11 heteroatoms. The Balaban J connectivity index is 2.00. The second-order valence-electron chi connectivity index (χ2n) is 8.41. The molecule has 0 aliphatic heterocycles. The van der Waals surface area contributed by atoms with Crippen molar-refractivity contribution in [3.05, 3.63) is 63.8 Å². The zero-order chi connectivity index (χ0) is 30.8. The molecule has 0 saturated carbocycles. The molecule has 0 radical (unpaired) electrons. The molecule has 0 unspecified atom stereocenters. The van der Waals surface area contributed by atoms with Crippen molar-refractivity contribution in [3.63, 3.8) is 0 Å². The first-order chi connectivity index (χ1) is 20.3. The van der Waals surface area contributed by atoms with Gasteiger partial charge in [-0.1, -0.05) is 12.2 Å². The minimum atomic E-state index is -0.315. The molecule has 0 saturated heterocycles. The second kappa shape index (κ2) is 14.9. The number of benzene rings is 3. The molecule has 0 fully saturated rings. The zero-order valence-corrected chi connectivity index (χ0v) is 26.3. The van der Waals surface area contributed by atoms with Crippen molar-refractivity contribution in [2.75, 3.05) is 62.2 Å². The minimum Gasteiger partial charge on any atom is -0.493 e. The van der Waals surface area contributed by atoms with Gasteiger partial charge in [-0.3, -0.25) is 4.79 Å². The van der Waals surface area contributed by atoms with Crippen molar-refractivity contribution >= 4 is 39.6 Å². The fourth-order valence-electron chi connectivity index (χ4n) is 4.20. The van der Waals surface area contributed by atoms with Crippen LogP contribution in [0.1, 0.15) is 21.5 Å². The summed E-state index contributed by atoms with van der Waals surface area (Å²) in [5.74, 6) is 3.28. The largest absolute Gasteiger partial charge is 0.493 e. The third-order valence-corrected chi connectivity index (χ3v) is 7.00. The molecule has 1 N–H and O–H groups in total. The number of hydrogen-bond donors (Lipinski definition) is 1. The number of nitrogens with one attached hydrogen (secondary N) is 1. The van der Waals surface area contributed by atoms with Gasteiger partial charge in [-0.15, -0.1) is 0 Å². The molecule has 0 aliphatic carbocycles. The van der Waals surface area contributed by atoms with E-state index in [1.54, 1.807) is 40.6 Å². The maximum atomic E-state index is 13.2. The molecule has 10 nitrogen and oxygen atoms in total. The lowest BCUT2D eigenvalue weighted by Crippen LogP contribution is -2.04. The third-order valence-electron chi connectivity index (χ3n) is 6.22. The predicted molar refractivity (Wildman–Crippen MR) is 165 cm³/mol. The predicted octanol–water partition coefficient (Wildman–Crippen LogP) is 6.50. The topological polar surface area (TPSA) is 103 Å². The van der Waals surface area contributed by atoms with E-state index in [9.17, 15) is 4.79 Å². The molecule has 0 spiro atoms. The number of ketones is 1. The Kier molecular flexibility index (Phi) is 11.4. The lowest BCUT2D eigenvalue weighted by molar-refractivity contribution is 0.104. The van der Waals surface area contributed by atoms with Crippen molar-refractivity contribution in [3.8, 4) is 46.0 Å². The lowest BCUT2D eigenvalue weighted by atomic mass is 10.1. The summed E-state index contributed by atoms with van der Waals surface area (Å²) in [7, 11) is 12.2. The maximum Gasteiger partial charge on any atom is 0.204 e. The van der Waals surface area contributed by atoms with Gasteiger partial charge in [0.15, 0.2) is 40.3 Å². The summed E-state index contributed by atoms with van der Waals surface area (Å²) in [4.78, 5) is 13.2. The van der Waals surface area contributed by atoms with E-state index < -0.39 is 0 Å². The first-order valence-corrected chi connectivity index (χ1v) is 13.3. The normalized spacial score (nSPS) is 10.9. The SMILES string of the molecule is COc1cc(C=Cc2ccc(OC)c(OC)c2NC=CC(=O)c2cc(OC)c(OC)c(OC)c2Br)cc(OC)c1OC. The number of anilines is 1. The fourth-order valence-corrected chi connectivity index (χ4v) is 4.86. The van der Waals surface area contributed by atoms with Gasteiger partial charge in [0, 0.05) is 23.4 Å². The third kappa shape index (κ3) is 6.68. The Morgan fingerprint density at radius 2 is 1.19 bits per heavy atom. The lowest BCUT2D eigenvalue weighted by Gasteiger charge is -2.16. The monoisotopic (exact) mass is 643 g/mol. The van der Waals surface area contributed by atoms with E-state index in [-0.39, 0.29) is 5.78 Å². The second-order valence-corrected chi connectivity index (χ2v) is 9.20. The average molecular weight is 645 g/mol. The van der Waals surface area contributed by atoms with Crippen molar-refractivity contribution in [1.29, 1.82) is 0 Å². The zero-order valence-electron chi connectivity index (χ0n) is 24.7. The van der Waals surface area contributed by atoms with Crippen LogP contribution >= 0.6 is 15.9 Å². The van der Waals surface area contributed by atoms with Gasteiger partial charge in [0.05, 0.1) is 67.0 Å². The van der Waals surface area contributed by atoms with Crippen LogP contribution in [-0.4, -0.2) is 62.7 Å². The molecule has 224 valence electrons. The van der Waals surface area contributed by atoms with E-state index in [0.29, 0.717) is 61.7 Å². The van der Waals surface area contributed by atoms with Crippen LogP contribution in [0.5, 0.6) is 46.0 Å². The van der Waals surface area contributed by atoms with Gasteiger partial charge >= 0.3 is 0 Å². The standard InChI is InChI=1S/C31H34BrNO9/c1-35-22-12-11-19(10-9-18-15-23(36-2)28(39-5)24(16-18)37-3)27(29(22)40-6)33-14-13-21(34)20-17-25(38-4)30(41-7)31(42-8)26(20)32/h9-17,33H,1-8H3. The van der Waals surface area contributed by atoms with Crippen molar-refractivity contribution in [2.45, 2.75) is 0 Å². The van der Waals surface area contributed by atoms with Crippen LogP contribution in [0.3, 0.4) is 0 Å². The van der Waals surface area contributed by atoms with Gasteiger partial charge in [0.25, 0.3) is 0 Å². The number of methoxy groups -OCH3 is 8. The Morgan fingerprint density at radius 1 is 0.643 bits per heavy atom. The highest BCUT2D eigenvalue weighted by atomic mass is 79.9. The Morgan fingerprint density at radius 3 is 1.71 bits per heavy atom. The highest BCUT2D eigenvalue weighted by Gasteiger charge is 2.22. The van der Waals surface area contributed by atoms with Gasteiger partial charge in [-0.25, -0.2) is 0 Å². The van der Waals surface area contributed by atoms with Crippen molar-refractivity contribution in [2.24, 2.45) is 0 Å². The van der Waals surface area contributed by atoms with Gasteiger partial charge < -0.3 is 43.2 Å². The molecule has 3 aromatic carbocycles. The molecule has 0 atom stereocenters. The Bertz CT molecular complexity index is 1460. The molecule has 42 heavy (non-hydrogen) atoms. The van der Waals surface area contributed by atoms with E-state index >= 15 is 0 Å². The van der Waals surface area contributed by atoms with Gasteiger partial charge in [0.1, 0.15) is 0 Å². The summed E-state index contributed by atoms with van der Waals surface area (Å²) >= 11 is 3.45. The van der Waals surface area contributed by atoms with Gasteiger partial charge in [-0.2, -0.15) is 0 Å². The summed E-state index contributed by atoms with van der Waals surface area (Å²) in [5, 5.41) is 3.18. The summed E-state index contributed by atoms with van der Waals surface area (Å²) in [5.41, 5.74) is 2.46. The van der Waals surface area contributed by atoms with Crippen LogP contribution in [0.4, 0.5) is 5.69 Å². The quantitative estimate of drug-likeness (QED) is 0.119. The number of carbonyl (C=O) groups excluding carboxylic acids is 1. The molecular weight excluding hydrogens is 610 g/mol. The van der Waals surface area contributed by atoms with Crippen LogP contribution < -0.4 is 43.2 Å². The van der Waals surface area contributed by atoms with Crippen LogP contribution in [0.15, 0.2) is 47.1 Å².